The lowest BCUT2D eigenvalue weighted by molar-refractivity contribution is -0.0985. The van der Waals surface area contributed by atoms with Gasteiger partial charge < -0.3 is 24.6 Å². The molecule has 2 aliphatic rings. The zero-order valence-electron chi connectivity index (χ0n) is 21.4. The molecule has 0 aliphatic carbocycles. The SMILES string of the molecule is C[C@H](CN(C)C)Oc1cc(N2CCC3(COC3)C2)cc2ncnc(Nc3ccc4ncccc4c3F)c12. The van der Waals surface area contributed by atoms with Gasteiger partial charge >= 0.3 is 0 Å². The molecule has 1 spiro atoms. The van der Waals surface area contributed by atoms with Crippen molar-refractivity contribution in [1.82, 2.24) is 19.9 Å². The number of hydrogen-bond acceptors (Lipinski definition) is 8. The lowest BCUT2D eigenvalue weighted by Gasteiger charge is -2.38. The fourth-order valence-corrected chi connectivity index (χ4v) is 5.40. The van der Waals surface area contributed by atoms with Gasteiger partial charge in [0.1, 0.15) is 24.0 Å². The van der Waals surface area contributed by atoms with E-state index < -0.39 is 0 Å². The maximum atomic E-state index is 15.4. The van der Waals surface area contributed by atoms with E-state index in [0.29, 0.717) is 28.2 Å². The van der Waals surface area contributed by atoms with Crippen molar-refractivity contribution in [3.63, 3.8) is 0 Å². The molecule has 1 atom stereocenters. The Bertz CT molecular complexity index is 1460. The average Bonchev–Trinajstić information content (AvgIpc) is 3.32. The Morgan fingerprint density at radius 3 is 2.78 bits per heavy atom. The van der Waals surface area contributed by atoms with Gasteiger partial charge in [-0.3, -0.25) is 4.98 Å². The summed E-state index contributed by atoms with van der Waals surface area (Å²) in [4.78, 5) is 17.8. The maximum Gasteiger partial charge on any atom is 0.156 e. The molecule has 0 radical (unpaired) electrons. The van der Waals surface area contributed by atoms with Crippen LogP contribution in [0.25, 0.3) is 21.8 Å². The molecular formula is C28H31FN6O2. The molecule has 1 N–H and O–H groups in total. The minimum Gasteiger partial charge on any atom is -0.488 e. The molecule has 2 aromatic heterocycles. The minimum absolute atomic E-state index is 0.0741. The first kappa shape index (κ1) is 23.8. The van der Waals surface area contributed by atoms with Crippen molar-refractivity contribution < 1.29 is 13.9 Å². The third-order valence-electron chi connectivity index (χ3n) is 7.23. The number of likely N-dealkylation sites (N-methyl/N-ethyl adjacent to an activating group) is 1. The van der Waals surface area contributed by atoms with E-state index >= 15 is 4.39 Å². The monoisotopic (exact) mass is 502 g/mol. The second-order valence-electron chi connectivity index (χ2n) is 10.5. The predicted octanol–water partition coefficient (Wildman–Crippen LogP) is 4.62. The smallest absolute Gasteiger partial charge is 0.156 e. The van der Waals surface area contributed by atoms with Crippen molar-refractivity contribution in [2.45, 2.75) is 19.4 Å². The fourth-order valence-electron chi connectivity index (χ4n) is 5.40. The van der Waals surface area contributed by atoms with Crippen LogP contribution in [0.5, 0.6) is 5.75 Å². The van der Waals surface area contributed by atoms with Crippen molar-refractivity contribution in [1.29, 1.82) is 0 Å². The molecule has 2 aromatic carbocycles. The van der Waals surface area contributed by atoms with E-state index in [-0.39, 0.29) is 17.3 Å². The summed E-state index contributed by atoms with van der Waals surface area (Å²) in [5, 5.41) is 4.38. The Balaban J connectivity index is 1.41. The molecule has 8 nitrogen and oxygen atoms in total. The highest BCUT2D eigenvalue weighted by molar-refractivity contribution is 5.98. The second-order valence-corrected chi connectivity index (χ2v) is 10.5. The highest BCUT2D eigenvalue weighted by Crippen LogP contribution is 2.42. The molecule has 0 saturated carbocycles. The Hall–Kier alpha value is -3.56. The van der Waals surface area contributed by atoms with Crippen LogP contribution in [-0.4, -0.2) is 72.9 Å². The Morgan fingerprint density at radius 2 is 2.03 bits per heavy atom. The van der Waals surface area contributed by atoms with Gasteiger partial charge in [0.25, 0.3) is 0 Å². The molecule has 0 amide bonds. The Kier molecular flexibility index (Phi) is 6.04. The molecule has 6 rings (SSSR count). The van der Waals surface area contributed by atoms with Gasteiger partial charge in [0.15, 0.2) is 5.82 Å². The summed E-state index contributed by atoms with van der Waals surface area (Å²) >= 11 is 0. The van der Waals surface area contributed by atoms with E-state index in [1.165, 1.54) is 6.33 Å². The van der Waals surface area contributed by atoms with E-state index in [4.69, 9.17) is 9.47 Å². The first-order valence-corrected chi connectivity index (χ1v) is 12.6. The van der Waals surface area contributed by atoms with Crippen LogP contribution < -0.4 is 15.0 Å². The summed E-state index contributed by atoms with van der Waals surface area (Å²) in [5.74, 6) is 0.803. The van der Waals surface area contributed by atoms with Gasteiger partial charge in [0, 0.05) is 48.4 Å². The van der Waals surface area contributed by atoms with Crippen molar-refractivity contribution >= 4 is 39.0 Å². The number of rotatable bonds is 7. The molecule has 9 heteroatoms. The van der Waals surface area contributed by atoms with Crippen LogP contribution in [0.1, 0.15) is 13.3 Å². The van der Waals surface area contributed by atoms with Crippen LogP contribution in [0, 0.1) is 11.2 Å². The number of anilines is 3. The zero-order valence-corrected chi connectivity index (χ0v) is 21.4. The van der Waals surface area contributed by atoms with Crippen LogP contribution in [0.2, 0.25) is 0 Å². The number of aromatic nitrogens is 3. The Morgan fingerprint density at radius 1 is 1.16 bits per heavy atom. The minimum atomic E-state index is -0.373. The van der Waals surface area contributed by atoms with Gasteiger partial charge in [-0.15, -0.1) is 0 Å². The lowest BCUT2D eigenvalue weighted by Crippen LogP contribution is -2.44. The van der Waals surface area contributed by atoms with Crippen molar-refractivity contribution in [2.24, 2.45) is 5.41 Å². The molecule has 4 heterocycles. The number of halogens is 1. The molecule has 192 valence electrons. The second kappa shape index (κ2) is 9.39. The molecule has 2 fully saturated rings. The number of ether oxygens (including phenoxy) is 2. The van der Waals surface area contributed by atoms with Gasteiger partial charge in [0.05, 0.1) is 35.3 Å². The Labute approximate surface area is 215 Å². The molecule has 37 heavy (non-hydrogen) atoms. The number of nitrogens with zero attached hydrogens (tertiary/aromatic N) is 5. The highest BCUT2D eigenvalue weighted by atomic mass is 19.1. The standard InChI is InChI=1S/C28H31FN6O2/c1-18(13-34(2)3)37-24-12-19(35-10-8-28(14-35)15-36-16-28)11-23-25(24)27(32-17-31-23)33-22-7-6-21-20(26(22)29)5-4-9-30-21/h4-7,9,11-12,17-18H,8,10,13-16H2,1-3H3,(H,31,32,33)/t18-/m1/s1. The van der Waals surface area contributed by atoms with Crippen molar-refractivity contribution in [3.8, 4) is 5.75 Å². The average molecular weight is 503 g/mol. The predicted molar refractivity (Wildman–Crippen MR) is 143 cm³/mol. The lowest BCUT2D eigenvalue weighted by atomic mass is 9.85. The first-order valence-electron chi connectivity index (χ1n) is 12.6. The quantitative estimate of drug-likeness (QED) is 0.393. The van der Waals surface area contributed by atoms with E-state index in [2.05, 4.69) is 42.2 Å². The number of benzene rings is 2. The third-order valence-corrected chi connectivity index (χ3v) is 7.23. The third kappa shape index (κ3) is 4.53. The maximum absolute atomic E-state index is 15.4. The fraction of sp³-hybridized carbons (Fsp3) is 0.393. The molecule has 4 aromatic rings. The van der Waals surface area contributed by atoms with Gasteiger partial charge in [0.2, 0.25) is 0 Å². The topological polar surface area (TPSA) is 75.6 Å². The summed E-state index contributed by atoms with van der Waals surface area (Å²) in [7, 11) is 4.04. The van der Waals surface area contributed by atoms with Crippen molar-refractivity contribution in [3.05, 3.63) is 54.7 Å². The van der Waals surface area contributed by atoms with E-state index in [0.717, 1.165) is 55.9 Å². The van der Waals surface area contributed by atoms with Gasteiger partial charge in [-0.25, -0.2) is 14.4 Å². The zero-order chi connectivity index (χ0) is 25.6. The van der Waals surface area contributed by atoms with Crippen LogP contribution in [0.4, 0.5) is 21.6 Å². The van der Waals surface area contributed by atoms with Crippen LogP contribution in [0.15, 0.2) is 48.9 Å². The summed E-state index contributed by atoms with van der Waals surface area (Å²) in [5.41, 5.74) is 2.99. The largest absolute Gasteiger partial charge is 0.488 e. The molecule has 2 aliphatic heterocycles. The van der Waals surface area contributed by atoms with Crippen LogP contribution in [-0.2, 0) is 4.74 Å². The molecular weight excluding hydrogens is 471 g/mol. The van der Waals surface area contributed by atoms with E-state index in [1.807, 2.05) is 21.0 Å². The number of nitrogens with one attached hydrogen (secondary N) is 1. The van der Waals surface area contributed by atoms with Crippen molar-refractivity contribution in [2.75, 3.05) is 57.2 Å². The number of pyridine rings is 1. The normalized spacial score (nSPS) is 17.5. The summed E-state index contributed by atoms with van der Waals surface area (Å²) in [6, 6.07) is 11.1. The summed E-state index contributed by atoms with van der Waals surface area (Å²) in [6.07, 6.45) is 4.20. The summed E-state index contributed by atoms with van der Waals surface area (Å²) < 4.78 is 27.4. The van der Waals surface area contributed by atoms with Crippen LogP contribution in [0.3, 0.4) is 0 Å². The van der Waals surface area contributed by atoms with E-state index in [1.54, 1.807) is 30.5 Å². The molecule has 2 saturated heterocycles. The highest BCUT2D eigenvalue weighted by Gasteiger charge is 2.44. The summed E-state index contributed by atoms with van der Waals surface area (Å²) in [6.45, 7) is 6.36. The van der Waals surface area contributed by atoms with E-state index in [9.17, 15) is 0 Å². The van der Waals surface area contributed by atoms with Crippen LogP contribution >= 0.6 is 0 Å². The molecule has 0 unspecified atom stereocenters. The van der Waals surface area contributed by atoms with Gasteiger partial charge in [-0.1, -0.05) is 0 Å². The first-order chi connectivity index (χ1) is 17.9. The van der Waals surface area contributed by atoms with Gasteiger partial charge in [-0.2, -0.15) is 0 Å². The van der Waals surface area contributed by atoms with Gasteiger partial charge in [-0.05, 0) is 57.8 Å². The number of hydrogen-bond donors (Lipinski definition) is 1. The molecule has 0 bridgehead atoms. The number of fused-ring (bicyclic) bond motifs is 2.